The zero-order valence-electron chi connectivity index (χ0n) is 13.6. The third-order valence-electron chi connectivity index (χ3n) is 4.27. The third-order valence-corrected chi connectivity index (χ3v) is 4.27. The van der Waals surface area contributed by atoms with Crippen molar-refractivity contribution < 1.29 is 9.59 Å². The lowest BCUT2D eigenvalue weighted by molar-refractivity contribution is -0.126. The molecule has 1 atom stereocenters. The van der Waals surface area contributed by atoms with E-state index in [1.54, 1.807) is 35.4 Å². The number of pyridine rings is 1. The second-order valence-electron chi connectivity index (χ2n) is 6.07. The molecule has 1 saturated carbocycles. The van der Waals surface area contributed by atoms with Crippen molar-refractivity contribution >= 4 is 17.5 Å². The van der Waals surface area contributed by atoms with Crippen molar-refractivity contribution in [1.29, 1.82) is 0 Å². The number of hydrogen-bond acceptors (Lipinski definition) is 4. The Kier molecular flexibility index (Phi) is 4.88. The van der Waals surface area contributed by atoms with E-state index in [0.717, 1.165) is 25.7 Å². The van der Waals surface area contributed by atoms with E-state index in [0.29, 0.717) is 11.5 Å². The van der Waals surface area contributed by atoms with Gasteiger partial charge in [0.1, 0.15) is 6.04 Å². The molecule has 3 rings (SSSR count). The lowest BCUT2D eigenvalue weighted by Crippen LogP contribution is -2.47. The van der Waals surface area contributed by atoms with Crippen LogP contribution in [0.5, 0.6) is 0 Å². The van der Waals surface area contributed by atoms with Crippen molar-refractivity contribution in [3.05, 3.63) is 36.8 Å². The average Bonchev–Trinajstić information content (AvgIpc) is 3.26. The zero-order valence-corrected chi connectivity index (χ0v) is 13.6. The molecule has 1 aliphatic rings. The van der Waals surface area contributed by atoms with E-state index in [2.05, 4.69) is 20.7 Å². The quantitative estimate of drug-likeness (QED) is 0.878. The lowest BCUT2D eigenvalue weighted by Gasteiger charge is -2.23. The van der Waals surface area contributed by atoms with Gasteiger partial charge in [0.2, 0.25) is 11.8 Å². The Morgan fingerprint density at radius 1 is 1.29 bits per heavy atom. The van der Waals surface area contributed by atoms with E-state index in [1.165, 1.54) is 6.92 Å². The van der Waals surface area contributed by atoms with Crippen LogP contribution in [-0.4, -0.2) is 32.6 Å². The largest absolute Gasteiger partial charge is 0.344 e. The molecule has 24 heavy (non-hydrogen) atoms. The smallest absolute Gasteiger partial charge is 0.247 e. The normalized spacial score (nSPS) is 15.9. The van der Waals surface area contributed by atoms with Crippen LogP contribution in [0.15, 0.2) is 36.8 Å². The van der Waals surface area contributed by atoms with Crippen molar-refractivity contribution in [2.75, 3.05) is 5.32 Å². The minimum absolute atomic E-state index is 0.186. The van der Waals surface area contributed by atoms with Gasteiger partial charge in [0.15, 0.2) is 5.82 Å². The Labute approximate surface area is 140 Å². The lowest BCUT2D eigenvalue weighted by atomic mass is 9.97. The fourth-order valence-electron chi connectivity index (χ4n) is 3.13. The average molecular weight is 327 g/mol. The maximum atomic E-state index is 12.6. The number of rotatable bonds is 5. The van der Waals surface area contributed by atoms with Gasteiger partial charge in [-0.2, -0.15) is 5.10 Å². The molecule has 0 spiro atoms. The number of hydrogen-bond donors (Lipinski definition) is 2. The van der Waals surface area contributed by atoms with Crippen molar-refractivity contribution in [2.24, 2.45) is 5.92 Å². The molecular weight excluding hydrogens is 306 g/mol. The monoisotopic (exact) mass is 327 g/mol. The molecule has 0 radical (unpaired) electrons. The van der Waals surface area contributed by atoms with Gasteiger partial charge in [-0.3, -0.25) is 9.59 Å². The van der Waals surface area contributed by atoms with Crippen LogP contribution in [0, 0.1) is 5.92 Å². The third kappa shape index (κ3) is 3.79. The van der Waals surface area contributed by atoms with E-state index in [4.69, 9.17) is 0 Å². The minimum Gasteiger partial charge on any atom is -0.344 e. The summed E-state index contributed by atoms with van der Waals surface area (Å²) in [5, 5.41) is 9.75. The Balaban J connectivity index is 1.68. The van der Waals surface area contributed by atoms with E-state index in [9.17, 15) is 9.59 Å². The number of anilines is 1. The molecule has 0 unspecified atom stereocenters. The van der Waals surface area contributed by atoms with Gasteiger partial charge in [-0.1, -0.05) is 12.8 Å². The molecule has 2 N–H and O–H groups in total. The van der Waals surface area contributed by atoms with Gasteiger partial charge < -0.3 is 10.6 Å². The fraction of sp³-hybridized carbons (Fsp3) is 0.412. The highest BCUT2D eigenvalue weighted by Crippen LogP contribution is 2.28. The van der Waals surface area contributed by atoms with Crippen molar-refractivity contribution in [3.63, 3.8) is 0 Å². The molecular formula is C17H21N5O2. The summed E-state index contributed by atoms with van der Waals surface area (Å²) in [6.07, 6.45) is 9.21. The Bertz CT molecular complexity index is 690. The predicted molar refractivity (Wildman–Crippen MR) is 89.6 cm³/mol. The molecule has 0 saturated heterocycles. The van der Waals surface area contributed by atoms with Gasteiger partial charge in [-0.25, -0.2) is 9.67 Å². The van der Waals surface area contributed by atoms with Gasteiger partial charge in [0.25, 0.3) is 0 Å². The van der Waals surface area contributed by atoms with E-state index in [-0.39, 0.29) is 17.7 Å². The van der Waals surface area contributed by atoms with Crippen LogP contribution >= 0.6 is 0 Å². The standard InChI is InChI=1S/C17H21N5O2/c1-12(23)20-16(13-5-2-3-6-13)17(24)21-14-7-8-15(18-11-14)22-10-4-9-19-22/h4,7-11,13,16H,2-3,5-6H2,1H3,(H,20,23)(H,21,24)/t16-/m0/s1. The topological polar surface area (TPSA) is 88.9 Å². The second-order valence-corrected chi connectivity index (χ2v) is 6.07. The molecule has 7 nitrogen and oxygen atoms in total. The van der Waals surface area contributed by atoms with E-state index >= 15 is 0 Å². The number of carbonyl (C=O) groups is 2. The van der Waals surface area contributed by atoms with Gasteiger partial charge in [-0.05, 0) is 37.0 Å². The molecule has 1 fully saturated rings. The highest BCUT2D eigenvalue weighted by molar-refractivity contribution is 5.97. The number of carbonyl (C=O) groups excluding carboxylic acids is 2. The van der Waals surface area contributed by atoms with E-state index < -0.39 is 6.04 Å². The van der Waals surface area contributed by atoms with Gasteiger partial charge in [0.05, 0.1) is 11.9 Å². The van der Waals surface area contributed by atoms with Crippen molar-refractivity contribution in [2.45, 2.75) is 38.6 Å². The first-order valence-electron chi connectivity index (χ1n) is 8.17. The molecule has 2 heterocycles. The molecule has 2 aromatic heterocycles. The SMILES string of the molecule is CC(=O)N[C@H](C(=O)Nc1ccc(-n2cccn2)nc1)C1CCCC1. The highest BCUT2D eigenvalue weighted by atomic mass is 16.2. The van der Waals surface area contributed by atoms with Gasteiger partial charge in [-0.15, -0.1) is 0 Å². The van der Waals surface area contributed by atoms with Crippen LogP contribution in [0.1, 0.15) is 32.6 Å². The molecule has 126 valence electrons. The first-order chi connectivity index (χ1) is 11.6. The number of amides is 2. The van der Waals surface area contributed by atoms with Crippen LogP contribution in [0.2, 0.25) is 0 Å². The zero-order chi connectivity index (χ0) is 16.9. The maximum Gasteiger partial charge on any atom is 0.247 e. The summed E-state index contributed by atoms with van der Waals surface area (Å²) in [6, 6.07) is 4.89. The number of nitrogens with one attached hydrogen (secondary N) is 2. The molecule has 2 amide bonds. The minimum atomic E-state index is -0.490. The number of nitrogens with zero attached hydrogens (tertiary/aromatic N) is 3. The second kappa shape index (κ2) is 7.25. The first kappa shape index (κ1) is 16.2. The van der Waals surface area contributed by atoms with Crippen LogP contribution in [-0.2, 0) is 9.59 Å². The molecule has 0 bridgehead atoms. The van der Waals surface area contributed by atoms with Crippen molar-refractivity contribution in [3.8, 4) is 5.82 Å². The molecule has 7 heteroatoms. The molecule has 0 aliphatic heterocycles. The summed E-state index contributed by atoms with van der Waals surface area (Å²) in [4.78, 5) is 28.3. The summed E-state index contributed by atoms with van der Waals surface area (Å²) < 4.78 is 1.64. The fourth-order valence-corrected chi connectivity index (χ4v) is 3.13. The van der Waals surface area contributed by atoms with Crippen LogP contribution in [0.3, 0.4) is 0 Å². The van der Waals surface area contributed by atoms with Crippen LogP contribution in [0.4, 0.5) is 5.69 Å². The Morgan fingerprint density at radius 3 is 2.67 bits per heavy atom. The maximum absolute atomic E-state index is 12.6. The summed E-state index contributed by atoms with van der Waals surface area (Å²) in [5.41, 5.74) is 0.601. The molecule has 0 aromatic carbocycles. The summed E-state index contributed by atoms with van der Waals surface area (Å²) in [6.45, 7) is 1.44. The van der Waals surface area contributed by atoms with Crippen LogP contribution in [0.25, 0.3) is 5.82 Å². The summed E-state index contributed by atoms with van der Waals surface area (Å²) >= 11 is 0. The first-order valence-corrected chi connectivity index (χ1v) is 8.17. The van der Waals surface area contributed by atoms with Crippen molar-refractivity contribution in [1.82, 2.24) is 20.1 Å². The number of aromatic nitrogens is 3. The molecule has 2 aromatic rings. The highest BCUT2D eigenvalue weighted by Gasteiger charge is 2.31. The molecule has 1 aliphatic carbocycles. The summed E-state index contributed by atoms with van der Waals surface area (Å²) in [7, 11) is 0. The Morgan fingerprint density at radius 2 is 2.08 bits per heavy atom. The van der Waals surface area contributed by atoms with E-state index in [1.807, 2.05) is 6.07 Å². The predicted octanol–water partition coefficient (Wildman–Crippen LogP) is 1.90. The van der Waals surface area contributed by atoms with Gasteiger partial charge in [0, 0.05) is 19.3 Å². The van der Waals surface area contributed by atoms with Gasteiger partial charge >= 0.3 is 0 Å². The van der Waals surface area contributed by atoms with Crippen LogP contribution < -0.4 is 10.6 Å². The summed E-state index contributed by atoms with van der Waals surface area (Å²) in [5.74, 6) is 0.498. The Hall–Kier alpha value is -2.70.